The molecule has 3 aromatic rings. The highest BCUT2D eigenvalue weighted by molar-refractivity contribution is 5.90. The number of hydrogen-bond acceptors (Lipinski definition) is 7. The third-order valence-electron chi connectivity index (χ3n) is 6.28. The van der Waals surface area contributed by atoms with Gasteiger partial charge in [-0.05, 0) is 56.7 Å². The Morgan fingerprint density at radius 1 is 0.651 bits per heavy atom. The van der Waals surface area contributed by atoms with Crippen molar-refractivity contribution in [2.45, 2.75) is 77.4 Å². The van der Waals surface area contributed by atoms with Gasteiger partial charge in [0.25, 0.3) is 0 Å². The molecule has 0 radical (unpaired) electrons. The predicted octanol–water partition coefficient (Wildman–Crippen LogP) is 5.26. The number of amides is 2. The van der Waals surface area contributed by atoms with Gasteiger partial charge in [-0.15, -0.1) is 0 Å². The molecule has 0 heterocycles. The van der Waals surface area contributed by atoms with Gasteiger partial charge in [0, 0.05) is 6.42 Å². The first-order valence-corrected chi connectivity index (χ1v) is 14.3. The van der Waals surface area contributed by atoms with Crippen LogP contribution in [0.15, 0.2) is 91.0 Å². The molecule has 0 fully saturated rings. The van der Waals surface area contributed by atoms with Crippen LogP contribution in [0.4, 0.5) is 4.79 Å². The van der Waals surface area contributed by atoms with E-state index in [0.29, 0.717) is 6.42 Å². The van der Waals surface area contributed by atoms with Crippen molar-refractivity contribution in [3.63, 3.8) is 0 Å². The number of carbonyl (C=O) groups excluding carboxylic acids is 4. The molecule has 2 unspecified atom stereocenters. The summed E-state index contributed by atoms with van der Waals surface area (Å²) in [5, 5.41) is 5.33. The van der Waals surface area contributed by atoms with Crippen molar-refractivity contribution in [2.75, 3.05) is 0 Å². The van der Waals surface area contributed by atoms with Crippen molar-refractivity contribution in [2.24, 2.45) is 0 Å². The first-order valence-electron chi connectivity index (χ1n) is 14.3. The molecule has 0 aromatic heterocycles. The minimum atomic E-state index is -1.15. The predicted molar refractivity (Wildman–Crippen MR) is 162 cm³/mol. The van der Waals surface area contributed by atoms with Gasteiger partial charge in [0.05, 0.1) is 0 Å². The average molecular weight is 589 g/mol. The second-order valence-corrected chi connectivity index (χ2v) is 11.1. The molecule has 228 valence electrons. The fourth-order valence-electron chi connectivity index (χ4n) is 4.10. The maximum Gasteiger partial charge on any atom is 0.408 e. The first-order chi connectivity index (χ1) is 20.6. The number of hydrogen-bond donors (Lipinski definition) is 2. The molecule has 3 rings (SSSR count). The number of esters is 2. The molecule has 9 heteroatoms. The van der Waals surface area contributed by atoms with Gasteiger partial charge < -0.3 is 24.8 Å². The van der Waals surface area contributed by atoms with Gasteiger partial charge >= 0.3 is 18.0 Å². The molecular weight excluding hydrogens is 548 g/mol. The number of carbonyl (C=O) groups is 4. The van der Waals surface area contributed by atoms with Crippen LogP contribution in [0.2, 0.25) is 0 Å². The Balaban J connectivity index is 1.69. The molecule has 0 bridgehead atoms. The lowest BCUT2D eigenvalue weighted by atomic mass is 10.0. The average Bonchev–Trinajstić information content (AvgIpc) is 2.99. The van der Waals surface area contributed by atoms with Crippen LogP contribution in [-0.2, 0) is 48.2 Å². The highest BCUT2D eigenvalue weighted by atomic mass is 16.6. The van der Waals surface area contributed by atoms with E-state index in [1.807, 2.05) is 91.0 Å². The van der Waals surface area contributed by atoms with Crippen LogP contribution >= 0.6 is 0 Å². The van der Waals surface area contributed by atoms with Crippen molar-refractivity contribution in [3.8, 4) is 0 Å². The topological polar surface area (TPSA) is 120 Å². The monoisotopic (exact) mass is 588 g/mol. The smallest absolute Gasteiger partial charge is 0.408 e. The minimum Gasteiger partial charge on any atom is -0.461 e. The molecule has 0 aliphatic heterocycles. The Hall–Kier alpha value is -4.66. The second-order valence-electron chi connectivity index (χ2n) is 11.1. The normalized spacial score (nSPS) is 12.3. The van der Waals surface area contributed by atoms with Crippen molar-refractivity contribution in [3.05, 3.63) is 108 Å². The van der Waals surface area contributed by atoms with Crippen LogP contribution in [0.3, 0.4) is 0 Å². The number of alkyl carbamates (subject to hydrolysis) is 1. The van der Waals surface area contributed by atoms with Crippen LogP contribution in [0.1, 0.15) is 56.7 Å². The lowest BCUT2D eigenvalue weighted by Crippen LogP contribution is -2.52. The van der Waals surface area contributed by atoms with Crippen molar-refractivity contribution < 1.29 is 33.4 Å². The van der Waals surface area contributed by atoms with Gasteiger partial charge in [-0.25, -0.2) is 9.59 Å². The molecule has 2 N–H and O–H groups in total. The Morgan fingerprint density at radius 2 is 1.16 bits per heavy atom. The van der Waals surface area contributed by atoms with Crippen molar-refractivity contribution in [1.29, 1.82) is 0 Å². The van der Waals surface area contributed by atoms with E-state index in [2.05, 4.69) is 10.6 Å². The van der Waals surface area contributed by atoms with Gasteiger partial charge in [0.1, 0.15) is 30.9 Å². The summed E-state index contributed by atoms with van der Waals surface area (Å²) in [4.78, 5) is 51.8. The molecule has 2 amide bonds. The van der Waals surface area contributed by atoms with Crippen LogP contribution < -0.4 is 10.6 Å². The minimum absolute atomic E-state index is 0.00189. The van der Waals surface area contributed by atoms with E-state index in [0.717, 1.165) is 16.7 Å². The third kappa shape index (κ3) is 12.8. The Labute approximate surface area is 252 Å². The highest BCUT2D eigenvalue weighted by Gasteiger charge is 2.29. The van der Waals surface area contributed by atoms with Gasteiger partial charge in [-0.3, -0.25) is 9.59 Å². The van der Waals surface area contributed by atoms with Crippen LogP contribution in [-0.4, -0.2) is 41.6 Å². The standard InChI is InChI=1S/C34H40N2O7/c1-34(2,3)43-33(40)36-28(20-19-25-13-7-4-8-14-25)31(38)35-29(32(39)42-24-27-17-11-6-12-18-27)21-22-30(37)41-23-26-15-9-5-10-16-26/h4-18,28-29H,19-24H2,1-3H3,(H,35,38)(H,36,40). The SMILES string of the molecule is CC(C)(C)OC(=O)NC(CCc1ccccc1)C(=O)NC(CCC(=O)OCc1ccccc1)C(=O)OCc1ccccc1. The van der Waals surface area contributed by atoms with Crippen LogP contribution in [0, 0.1) is 0 Å². The van der Waals surface area contributed by atoms with E-state index in [1.165, 1.54) is 0 Å². The number of aryl methyl sites for hydroxylation is 1. The summed E-state index contributed by atoms with van der Waals surface area (Å²) in [6, 6.07) is 25.7. The summed E-state index contributed by atoms with van der Waals surface area (Å²) < 4.78 is 16.2. The maximum atomic E-state index is 13.5. The van der Waals surface area contributed by atoms with E-state index >= 15 is 0 Å². The van der Waals surface area contributed by atoms with E-state index in [-0.39, 0.29) is 32.5 Å². The second kappa shape index (κ2) is 16.7. The molecule has 2 atom stereocenters. The number of nitrogens with one attached hydrogen (secondary N) is 2. The molecule has 0 aliphatic carbocycles. The molecular formula is C34H40N2O7. The van der Waals surface area contributed by atoms with Gasteiger partial charge in [0.2, 0.25) is 5.91 Å². The van der Waals surface area contributed by atoms with E-state index in [1.54, 1.807) is 20.8 Å². The zero-order chi connectivity index (χ0) is 31.1. The number of benzene rings is 3. The summed E-state index contributed by atoms with van der Waals surface area (Å²) in [6.45, 7) is 5.26. The zero-order valence-electron chi connectivity index (χ0n) is 24.9. The Morgan fingerprint density at radius 3 is 1.70 bits per heavy atom. The molecule has 9 nitrogen and oxygen atoms in total. The molecule has 0 aliphatic rings. The lowest BCUT2D eigenvalue weighted by Gasteiger charge is -2.25. The van der Waals surface area contributed by atoms with Crippen molar-refractivity contribution in [1.82, 2.24) is 10.6 Å². The quantitative estimate of drug-likeness (QED) is 0.195. The largest absolute Gasteiger partial charge is 0.461 e. The van der Waals surface area contributed by atoms with Crippen LogP contribution in [0.25, 0.3) is 0 Å². The molecule has 3 aromatic carbocycles. The Kier molecular flexibility index (Phi) is 12.8. The van der Waals surface area contributed by atoms with Gasteiger partial charge in [-0.1, -0.05) is 91.0 Å². The highest BCUT2D eigenvalue weighted by Crippen LogP contribution is 2.12. The summed E-state index contributed by atoms with van der Waals surface area (Å²) in [7, 11) is 0. The molecule has 43 heavy (non-hydrogen) atoms. The fraction of sp³-hybridized carbons (Fsp3) is 0.353. The summed E-state index contributed by atoms with van der Waals surface area (Å²) >= 11 is 0. The van der Waals surface area contributed by atoms with E-state index in [4.69, 9.17) is 14.2 Å². The summed E-state index contributed by atoms with van der Waals surface area (Å²) in [6.07, 6.45) is -0.200. The molecule has 0 saturated carbocycles. The number of rotatable bonds is 14. The first kappa shape index (κ1) is 32.8. The van der Waals surface area contributed by atoms with Gasteiger partial charge in [-0.2, -0.15) is 0 Å². The summed E-state index contributed by atoms with van der Waals surface area (Å²) in [5.41, 5.74) is 1.81. The summed E-state index contributed by atoms with van der Waals surface area (Å²) in [5.74, 6) is -1.82. The number of ether oxygens (including phenoxy) is 3. The zero-order valence-corrected chi connectivity index (χ0v) is 24.9. The molecule has 0 spiro atoms. The Bertz CT molecular complexity index is 1310. The fourth-order valence-corrected chi connectivity index (χ4v) is 4.10. The van der Waals surface area contributed by atoms with Crippen LogP contribution in [0.5, 0.6) is 0 Å². The van der Waals surface area contributed by atoms with E-state index < -0.39 is 41.6 Å². The van der Waals surface area contributed by atoms with Crippen molar-refractivity contribution >= 4 is 23.9 Å². The molecule has 0 saturated heterocycles. The lowest BCUT2D eigenvalue weighted by molar-refractivity contribution is -0.150. The maximum absolute atomic E-state index is 13.5. The third-order valence-corrected chi connectivity index (χ3v) is 6.28. The van der Waals surface area contributed by atoms with Gasteiger partial charge in [0.15, 0.2) is 0 Å². The van der Waals surface area contributed by atoms with E-state index in [9.17, 15) is 19.2 Å².